The number of hydrogen-bond acceptors (Lipinski definition) is 5. The summed E-state index contributed by atoms with van der Waals surface area (Å²) in [6.07, 6.45) is -4.28. The molecule has 0 atom stereocenters. The summed E-state index contributed by atoms with van der Waals surface area (Å²) in [5.41, 5.74) is 10.0. The summed E-state index contributed by atoms with van der Waals surface area (Å²) in [4.78, 5) is 14.4. The molecule has 0 unspecified atom stereocenters. The van der Waals surface area contributed by atoms with Gasteiger partial charge in [-0.2, -0.15) is 0 Å². The van der Waals surface area contributed by atoms with Gasteiger partial charge in [-0.25, -0.2) is 4.79 Å². The first kappa shape index (κ1) is 21.9. The summed E-state index contributed by atoms with van der Waals surface area (Å²) in [5.74, 6) is -0.230. The van der Waals surface area contributed by atoms with Crippen LogP contribution in [-0.2, 0) is 6.42 Å². The molecule has 0 fully saturated rings. The van der Waals surface area contributed by atoms with E-state index in [1.807, 2.05) is 30.3 Å². The molecular formula is C23H16ClF3N4O3. The van der Waals surface area contributed by atoms with Crippen molar-refractivity contribution in [3.8, 4) is 16.9 Å². The Balaban J connectivity index is 1.39. The van der Waals surface area contributed by atoms with Crippen molar-refractivity contribution in [3.63, 3.8) is 0 Å². The van der Waals surface area contributed by atoms with Crippen LogP contribution in [0.5, 0.6) is 5.75 Å². The third kappa shape index (κ3) is 4.19. The molecule has 3 aromatic carbocycles. The molecule has 0 saturated carbocycles. The zero-order valence-electron chi connectivity index (χ0n) is 17.3. The van der Waals surface area contributed by atoms with Gasteiger partial charge in [0, 0.05) is 29.0 Å². The Kier molecular flexibility index (Phi) is 5.24. The van der Waals surface area contributed by atoms with E-state index >= 15 is 0 Å². The molecule has 0 aliphatic carbocycles. The van der Waals surface area contributed by atoms with Crippen molar-refractivity contribution in [1.29, 1.82) is 0 Å². The Morgan fingerprint density at radius 3 is 2.79 bits per heavy atom. The molecule has 4 aromatic rings. The van der Waals surface area contributed by atoms with E-state index in [0.717, 1.165) is 28.8 Å². The van der Waals surface area contributed by atoms with Gasteiger partial charge in [0.15, 0.2) is 11.4 Å². The first-order chi connectivity index (χ1) is 16.2. The zero-order chi connectivity index (χ0) is 24.0. The van der Waals surface area contributed by atoms with Crippen LogP contribution in [-0.4, -0.2) is 24.1 Å². The van der Waals surface area contributed by atoms with Crippen molar-refractivity contribution >= 4 is 45.8 Å². The molecule has 7 nitrogen and oxygen atoms in total. The largest absolute Gasteiger partial charge is 0.573 e. The number of halogens is 4. The fourth-order valence-corrected chi connectivity index (χ4v) is 4.28. The molecule has 2 amide bonds. The number of anilines is 3. The van der Waals surface area contributed by atoms with Gasteiger partial charge >= 0.3 is 12.4 Å². The minimum absolute atomic E-state index is 0.00861. The van der Waals surface area contributed by atoms with Crippen LogP contribution in [0.4, 0.5) is 35.2 Å². The molecule has 1 aromatic heterocycles. The third-order valence-electron chi connectivity index (χ3n) is 5.41. The molecule has 2 heterocycles. The number of carbonyl (C=O) groups excluding carboxylic acids is 1. The van der Waals surface area contributed by atoms with Crippen LogP contribution >= 0.6 is 11.6 Å². The molecule has 0 radical (unpaired) electrons. The number of benzene rings is 3. The minimum atomic E-state index is -4.88. The second-order valence-electron chi connectivity index (χ2n) is 7.65. The van der Waals surface area contributed by atoms with Gasteiger partial charge in [0.1, 0.15) is 5.75 Å². The number of fused-ring (bicyclic) bond motifs is 2. The van der Waals surface area contributed by atoms with E-state index in [0.29, 0.717) is 35.4 Å². The number of hydrogen-bond donors (Lipinski definition) is 2. The van der Waals surface area contributed by atoms with Crippen molar-refractivity contribution in [2.24, 2.45) is 0 Å². The standard InChI is InChI=1S/C23H16ClF3N4O3/c24-14-9-15(11-16(10-14)33-23(25,26)27)29-22(32)31-7-6-13-8-12(4-5-18(13)31)17-2-1-3-19-20(17)21(28)30-34-19/h1-5,8-11H,6-7H2,(H2,28,30)(H,29,32). The summed E-state index contributed by atoms with van der Waals surface area (Å²) in [5, 5.41) is 7.11. The minimum Gasteiger partial charge on any atom is -0.406 e. The van der Waals surface area contributed by atoms with Crippen molar-refractivity contribution in [2.75, 3.05) is 22.5 Å². The number of rotatable bonds is 3. The van der Waals surface area contributed by atoms with Crippen molar-refractivity contribution in [1.82, 2.24) is 5.16 Å². The van der Waals surface area contributed by atoms with E-state index < -0.39 is 18.1 Å². The van der Waals surface area contributed by atoms with E-state index in [1.54, 1.807) is 6.07 Å². The molecular weight excluding hydrogens is 473 g/mol. The van der Waals surface area contributed by atoms with Crippen LogP contribution in [0.2, 0.25) is 5.02 Å². The van der Waals surface area contributed by atoms with Gasteiger partial charge in [-0.1, -0.05) is 35.0 Å². The lowest BCUT2D eigenvalue weighted by atomic mass is 9.99. The van der Waals surface area contributed by atoms with Gasteiger partial charge in [-0.15, -0.1) is 13.2 Å². The Morgan fingerprint density at radius 2 is 2.00 bits per heavy atom. The highest BCUT2D eigenvalue weighted by molar-refractivity contribution is 6.31. The lowest BCUT2D eigenvalue weighted by Crippen LogP contribution is -2.33. The maximum absolute atomic E-state index is 12.9. The van der Waals surface area contributed by atoms with Crippen LogP contribution in [0.15, 0.2) is 59.1 Å². The number of aromatic nitrogens is 1. The van der Waals surface area contributed by atoms with E-state index in [2.05, 4.69) is 15.2 Å². The first-order valence-electron chi connectivity index (χ1n) is 10.1. The smallest absolute Gasteiger partial charge is 0.406 e. The van der Waals surface area contributed by atoms with E-state index in [1.165, 1.54) is 11.0 Å². The SMILES string of the molecule is Nc1noc2cccc(-c3ccc4c(c3)CCN4C(=O)Nc3cc(Cl)cc(OC(F)(F)F)c3)c12. The average Bonchev–Trinajstić information content (AvgIpc) is 3.35. The summed E-state index contributed by atoms with van der Waals surface area (Å²) in [6, 6.07) is 14.1. The monoisotopic (exact) mass is 488 g/mol. The van der Waals surface area contributed by atoms with Gasteiger partial charge < -0.3 is 20.3 Å². The highest BCUT2D eigenvalue weighted by atomic mass is 35.5. The Morgan fingerprint density at radius 1 is 1.18 bits per heavy atom. The number of alkyl halides is 3. The quantitative estimate of drug-likeness (QED) is 0.357. The van der Waals surface area contributed by atoms with Crippen molar-refractivity contribution in [2.45, 2.75) is 12.8 Å². The fraction of sp³-hybridized carbons (Fsp3) is 0.130. The Labute approximate surface area is 195 Å². The highest BCUT2D eigenvalue weighted by Crippen LogP contribution is 2.37. The molecule has 1 aliphatic rings. The number of nitrogens with zero attached hydrogens (tertiary/aromatic N) is 2. The number of amides is 2. The summed E-state index contributed by atoms with van der Waals surface area (Å²) < 4.78 is 46.8. The van der Waals surface area contributed by atoms with Crippen LogP contribution in [0, 0.1) is 0 Å². The number of carbonyl (C=O) groups is 1. The molecule has 5 rings (SSSR count). The van der Waals surface area contributed by atoms with Crippen LogP contribution in [0.1, 0.15) is 5.56 Å². The molecule has 174 valence electrons. The Hall–Kier alpha value is -3.92. The predicted molar refractivity (Wildman–Crippen MR) is 122 cm³/mol. The molecule has 34 heavy (non-hydrogen) atoms. The molecule has 0 bridgehead atoms. The third-order valence-corrected chi connectivity index (χ3v) is 5.63. The van der Waals surface area contributed by atoms with Gasteiger partial charge in [-0.3, -0.25) is 4.90 Å². The summed E-state index contributed by atoms with van der Waals surface area (Å²) >= 11 is 5.89. The maximum atomic E-state index is 12.9. The highest BCUT2D eigenvalue weighted by Gasteiger charge is 2.31. The predicted octanol–water partition coefficient (Wildman–Crippen LogP) is 6.22. The summed E-state index contributed by atoms with van der Waals surface area (Å²) in [6.45, 7) is 0.400. The van der Waals surface area contributed by atoms with E-state index in [9.17, 15) is 18.0 Å². The fourth-order valence-electron chi connectivity index (χ4n) is 4.05. The molecule has 11 heteroatoms. The van der Waals surface area contributed by atoms with Crippen molar-refractivity contribution < 1.29 is 27.2 Å². The summed E-state index contributed by atoms with van der Waals surface area (Å²) in [7, 11) is 0. The second-order valence-corrected chi connectivity index (χ2v) is 8.08. The van der Waals surface area contributed by atoms with Gasteiger partial charge in [0.2, 0.25) is 0 Å². The number of nitrogens with one attached hydrogen (secondary N) is 1. The molecule has 1 aliphatic heterocycles. The number of urea groups is 1. The molecule has 0 spiro atoms. The van der Waals surface area contributed by atoms with Crippen LogP contribution < -0.4 is 20.7 Å². The normalized spacial score (nSPS) is 13.2. The Bertz CT molecular complexity index is 1420. The first-order valence-corrected chi connectivity index (χ1v) is 10.5. The van der Waals surface area contributed by atoms with Gasteiger partial charge in [0.25, 0.3) is 0 Å². The maximum Gasteiger partial charge on any atom is 0.573 e. The van der Waals surface area contributed by atoms with Crippen LogP contribution in [0.3, 0.4) is 0 Å². The zero-order valence-corrected chi connectivity index (χ0v) is 18.1. The van der Waals surface area contributed by atoms with E-state index in [-0.39, 0.29) is 10.7 Å². The van der Waals surface area contributed by atoms with Gasteiger partial charge in [0.05, 0.1) is 5.39 Å². The van der Waals surface area contributed by atoms with Crippen LogP contribution in [0.25, 0.3) is 22.1 Å². The molecule has 3 N–H and O–H groups in total. The number of nitrogen functional groups attached to an aromatic ring is 1. The lowest BCUT2D eigenvalue weighted by Gasteiger charge is -2.19. The lowest BCUT2D eigenvalue weighted by molar-refractivity contribution is -0.274. The molecule has 0 saturated heterocycles. The number of nitrogens with two attached hydrogens (primary N) is 1. The number of ether oxygens (including phenoxy) is 1. The van der Waals surface area contributed by atoms with Crippen molar-refractivity contribution in [3.05, 3.63) is 65.2 Å². The average molecular weight is 489 g/mol. The topological polar surface area (TPSA) is 93.6 Å². The van der Waals surface area contributed by atoms with Gasteiger partial charge in [-0.05, 0) is 53.4 Å². The van der Waals surface area contributed by atoms with E-state index in [4.69, 9.17) is 21.9 Å². The second kappa shape index (κ2) is 8.14.